The third-order valence-electron chi connectivity index (χ3n) is 3.97. The topological polar surface area (TPSA) is 42.3 Å². The van der Waals surface area contributed by atoms with Gasteiger partial charge in [0.1, 0.15) is 6.04 Å². The van der Waals surface area contributed by atoms with Gasteiger partial charge >= 0.3 is 0 Å². The first-order valence-electron chi connectivity index (χ1n) is 7.52. The van der Waals surface area contributed by atoms with Gasteiger partial charge < -0.3 is 0 Å². The molecule has 0 bridgehead atoms. The maximum atomic E-state index is 12.8. The number of benzene rings is 2. The van der Waals surface area contributed by atoms with Gasteiger partial charge in [-0.3, -0.25) is 14.8 Å². The predicted molar refractivity (Wildman–Crippen MR) is 89.8 cm³/mol. The number of carbonyl (C=O) groups excluding carboxylic acids is 1. The Morgan fingerprint density at radius 2 is 1.48 bits per heavy atom. The van der Waals surface area contributed by atoms with Gasteiger partial charge in [-0.1, -0.05) is 60.7 Å². The zero-order valence-corrected chi connectivity index (χ0v) is 12.4. The molecular weight excluding hydrogens is 284 g/mol. The largest absolute Gasteiger partial charge is 0.291 e. The van der Waals surface area contributed by atoms with Crippen molar-refractivity contribution in [2.45, 2.75) is 6.04 Å². The summed E-state index contributed by atoms with van der Waals surface area (Å²) in [6, 6.07) is 22.7. The second-order valence-corrected chi connectivity index (χ2v) is 5.42. The molecule has 0 fully saturated rings. The number of Topliss-reactive ketones (excluding diaryl/α,β-unsaturated/α-hetero) is 1. The number of fused-ring (bicyclic) bond motifs is 1. The summed E-state index contributed by atoms with van der Waals surface area (Å²) < 4.78 is 0. The maximum Gasteiger partial charge on any atom is 0.194 e. The molecule has 110 valence electrons. The van der Waals surface area contributed by atoms with Crippen LogP contribution in [-0.2, 0) is 0 Å². The van der Waals surface area contributed by atoms with Gasteiger partial charge in [-0.2, -0.15) is 0 Å². The summed E-state index contributed by atoms with van der Waals surface area (Å²) in [6.07, 6.45) is 1.70. The van der Waals surface area contributed by atoms with Crippen molar-refractivity contribution >= 4 is 11.5 Å². The second-order valence-electron chi connectivity index (χ2n) is 5.42. The van der Waals surface area contributed by atoms with Gasteiger partial charge in [0.25, 0.3) is 0 Å². The number of ketones is 1. The molecule has 1 atom stereocenters. The van der Waals surface area contributed by atoms with Gasteiger partial charge in [-0.15, -0.1) is 0 Å². The molecular formula is C20H14N2O. The van der Waals surface area contributed by atoms with Crippen molar-refractivity contribution in [2.24, 2.45) is 4.99 Å². The Labute approximate surface area is 134 Å². The third-order valence-corrected chi connectivity index (χ3v) is 3.97. The van der Waals surface area contributed by atoms with E-state index in [0.29, 0.717) is 11.3 Å². The highest BCUT2D eigenvalue weighted by molar-refractivity contribution is 6.21. The van der Waals surface area contributed by atoms with E-state index in [4.69, 9.17) is 4.99 Å². The van der Waals surface area contributed by atoms with E-state index in [2.05, 4.69) is 4.98 Å². The molecule has 3 heteroatoms. The highest BCUT2D eigenvalue weighted by Gasteiger charge is 2.31. The lowest BCUT2D eigenvalue weighted by Crippen LogP contribution is -2.24. The summed E-state index contributed by atoms with van der Waals surface area (Å²) in [7, 11) is 0. The molecule has 1 unspecified atom stereocenters. The Morgan fingerprint density at radius 3 is 2.22 bits per heavy atom. The van der Waals surface area contributed by atoms with E-state index in [9.17, 15) is 4.79 Å². The van der Waals surface area contributed by atoms with Gasteiger partial charge in [-0.05, 0) is 17.7 Å². The fourth-order valence-corrected chi connectivity index (χ4v) is 2.86. The van der Waals surface area contributed by atoms with Crippen molar-refractivity contribution in [3.05, 3.63) is 101 Å². The van der Waals surface area contributed by atoms with E-state index in [1.807, 2.05) is 66.7 Å². The molecule has 3 nitrogen and oxygen atoms in total. The van der Waals surface area contributed by atoms with Crippen LogP contribution in [0.15, 0.2) is 84.0 Å². The number of carbonyl (C=O) groups is 1. The summed E-state index contributed by atoms with van der Waals surface area (Å²) in [5.74, 6) is -0.000943. The minimum atomic E-state index is -0.511. The smallest absolute Gasteiger partial charge is 0.194 e. The molecule has 4 rings (SSSR count). The Bertz CT molecular complexity index is 886. The van der Waals surface area contributed by atoms with Crippen LogP contribution in [0.1, 0.15) is 33.2 Å². The van der Waals surface area contributed by atoms with Crippen LogP contribution in [0.2, 0.25) is 0 Å². The summed E-state index contributed by atoms with van der Waals surface area (Å²) in [5.41, 5.74) is 3.95. The van der Waals surface area contributed by atoms with Crippen molar-refractivity contribution in [1.29, 1.82) is 0 Å². The maximum absolute atomic E-state index is 12.8. The predicted octanol–water partition coefficient (Wildman–Crippen LogP) is 3.86. The summed E-state index contributed by atoms with van der Waals surface area (Å²) in [6.45, 7) is 0. The number of hydrogen-bond donors (Lipinski definition) is 0. The Kier molecular flexibility index (Phi) is 3.31. The standard InChI is InChI=1S/C20H14N2O/c23-20-16-12-7-13-21-19(16)17(14-8-3-1-4-9-14)22-18(20)15-10-5-2-6-11-15/h1-13,18H. The summed E-state index contributed by atoms with van der Waals surface area (Å²) in [5, 5.41) is 0. The quantitative estimate of drug-likeness (QED) is 0.721. The fourth-order valence-electron chi connectivity index (χ4n) is 2.86. The molecule has 1 aromatic heterocycles. The Balaban J connectivity index is 1.93. The highest BCUT2D eigenvalue weighted by atomic mass is 16.1. The van der Waals surface area contributed by atoms with Crippen molar-refractivity contribution in [1.82, 2.24) is 4.98 Å². The number of rotatable bonds is 2. The molecule has 0 aliphatic carbocycles. The third kappa shape index (κ3) is 2.36. The number of pyridine rings is 1. The van der Waals surface area contributed by atoms with Crippen LogP contribution in [-0.4, -0.2) is 16.5 Å². The lowest BCUT2D eigenvalue weighted by molar-refractivity contribution is 0.0959. The molecule has 2 aromatic carbocycles. The normalized spacial score (nSPS) is 16.6. The van der Waals surface area contributed by atoms with E-state index < -0.39 is 6.04 Å². The number of hydrogen-bond acceptors (Lipinski definition) is 3. The number of aliphatic imine (C=N–C) groups is 1. The van der Waals surface area contributed by atoms with E-state index >= 15 is 0 Å². The molecule has 3 aromatic rings. The first-order valence-corrected chi connectivity index (χ1v) is 7.52. The van der Waals surface area contributed by atoms with Crippen LogP contribution in [0.3, 0.4) is 0 Å². The molecule has 1 aliphatic rings. The molecule has 0 N–H and O–H groups in total. The lowest BCUT2D eigenvalue weighted by Gasteiger charge is -2.22. The average molecular weight is 298 g/mol. The van der Waals surface area contributed by atoms with Gasteiger partial charge in [0.2, 0.25) is 0 Å². The number of nitrogens with zero attached hydrogens (tertiary/aromatic N) is 2. The first-order chi connectivity index (χ1) is 11.3. The molecule has 0 saturated heterocycles. The van der Waals surface area contributed by atoms with Gasteiger partial charge in [0.05, 0.1) is 11.4 Å². The molecule has 0 radical (unpaired) electrons. The van der Waals surface area contributed by atoms with E-state index in [-0.39, 0.29) is 5.78 Å². The molecule has 0 spiro atoms. The van der Waals surface area contributed by atoms with Gasteiger partial charge in [0.15, 0.2) is 5.78 Å². The molecule has 0 saturated carbocycles. The fraction of sp³-hybridized carbons (Fsp3) is 0.0500. The van der Waals surface area contributed by atoms with Gasteiger partial charge in [-0.25, -0.2) is 0 Å². The van der Waals surface area contributed by atoms with Crippen molar-refractivity contribution in [3.63, 3.8) is 0 Å². The van der Waals surface area contributed by atoms with Crippen molar-refractivity contribution < 1.29 is 4.79 Å². The van der Waals surface area contributed by atoms with Crippen LogP contribution < -0.4 is 0 Å². The zero-order valence-electron chi connectivity index (χ0n) is 12.4. The average Bonchev–Trinajstić information content (AvgIpc) is 2.64. The second kappa shape index (κ2) is 5.61. The van der Waals surface area contributed by atoms with E-state index in [1.54, 1.807) is 12.3 Å². The molecule has 2 heterocycles. The Morgan fingerprint density at radius 1 is 0.783 bits per heavy atom. The van der Waals surface area contributed by atoms with Gasteiger partial charge in [0, 0.05) is 17.3 Å². The first kappa shape index (κ1) is 13.6. The lowest BCUT2D eigenvalue weighted by atomic mass is 9.90. The summed E-state index contributed by atoms with van der Waals surface area (Å²) in [4.78, 5) is 22.0. The highest BCUT2D eigenvalue weighted by Crippen LogP contribution is 2.30. The minimum Gasteiger partial charge on any atom is -0.291 e. The summed E-state index contributed by atoms with van der Waals surface area (Å²) >= 11 is 0. The van der Waals surface area contributed by atoms with Crippen LogP contribution in [0.25, 0.3) is 0 Å². The van der Waals surface area contributed by atoms with Crippen LogP contribution in [0, 0.1) is 0 Å². The molecule has 23 heavy (non-hydrogen) atoms. The van der Waals surface area contributed by atoms with Crippen LogP contribution >= 0.6 is 0 Å². The minimum absolute atomic E-state index is 0.000943. The molecule has 1 aliphatic heterocycles. The van der Waals surface area contributed by atoms with Crippen LogP contribution in [0.5, 0.6) is 0 Å². The van der Waals surface area contributed by atoms with Crippen LogP contribution in [0.4, 0.5) is 0 Å². The van der Waals surface area contributed by atoms with E-state index in [1.165, 1.54) is 0 Å². The van der Waals surface area contributed by atoms with Crippen molar-refractivity contribution in [2.75, 3.05) is 0 Å². The van der Waals surface area contributed by atoms with Crippen molar-refractivity contribution in [3.8, 4) is 0 Å². The Hall–Kier alpha value is -3.07. The zero-order chi connectivity index (χ0) is 15.6. The molecule has 0 amide bonds. The SMILES string of the molecule is O=C1c2cccnc2C(c2ccccc2)=NC1c1ccccc1. The monoisotopic (exact) mass is 298 g/mol. The number of aromatic nitrogens is 1. The van der Waals surface area contributed by atoms with E-state index in [0.717, 1.165) is 16.8 Å².